The number of nitrogens with one attached hydrogen (secondary N) is 1. The Morgan fingerprint density at radius 1 is 1.30 bits per heavy atom. The molecular formula is C14H8ClFN2O5. The van der Waals surface area contributed by atoms with E-state index in [9.17, 15) is 19.3 Å². The zero-order valence-electron chi connectivity index (χ0n) is 11.3. The summed E-state index contributed by atoms with van der Waals surface area (Å²) in [7, 11) is 0. The lowest BCUT2D eigenvalue weighted by molar-refractivity contribution is -0.384. The van der Waals surface area contributed by atoms with E-state index in [2.05, 4.69) is 5.32 Å². The van der Waals surface area contributed by atoms with E-state index in [1.165, 1.54) is 12.1 Å². The first kappa shape index (κ1) is 15.0. The summed E-state index contributed by atoms with van der Waals surface area (Å²) < 4.78 is 24.0. The molecule has 0 atom stereocenters. The minimum atomic E-state index is -0.796. The Kier molecular flexibility index (Phi) is 3.75. The van der Waals surface area contributed by atoms with Crippen LogP contribution in [0.5, 0.6) is 11.5 Å². The molecule has 1 aliphatic heterocycles. The molecule has 0 fully saturated rings. The van der Waals surface area contributed by atoms with Crippen LogP contribution in [-0.2, 0) is 0 Å². The van der Waals surface area contributed by atoms with Crippen LogP contribution in [0.4, 0.5) is 15.8 Å². The number of halogens is 2. The van der Waals surface area contributed by atoms with Gasteiger partial charge in [0.15, 0.2) is 11.5 Å². The predicted octanol–water partition coefficient (Wildman–Crippen LogP) is 3.37. The predicted molar refractivity (Wildman–Crippen MR) is 78.6 cm³/mol. The van der Waals surface area contributed by atoms with Crippen molar-refractivity contribution in [2.75, 3.05) is 12.1 Å². The van der Waals surface area contributed by atoms with Crippen molar-refractivity contribution >= 4 is 28.9 Å². The first-order valence-electron chi connectivity index (χ1n) is 6.30. The summed E-state index contributed by atoms with van der Waals surface area (Å²) in [5, 5.41) is 13.2. The van der Waals surface area contributed by atoms with E-state index in [0.717, 1.165) is 18.2 Å². The van der Waals surface area contributed by atoms with Gasteiger partial charge in [0.2, 0.25) is 6.79 Å². The van der Waals surface area contributed by atoms with Gasteiger partial charge in [0.05, 0.1) is 15.6 Å². The summed E-state index contributed by atoms with van der Waals surface area (Å²) in [6.45, 7) is -0.0143. The van der Waals surface area contributed by atoms with E-state index in [1.54, 1.807) is 0 Å². The third-order valence-corrected chi connectivity index (χ3v) is 3.38. The van der Waals surface area contributed by atoms with Gasteiger partial charge in [-0.1, -0.05) is 11.6 Å². The number of benzene rings is 2. The number of anilines is 1. The molecule has 0 saturated carbocycles. The quantitative estimate of drug-likeness (QED) is 0.684. The van der Waals surface area contributed by atoms with Crippen molar-refractivity contribution < 1.29 is 23.6 Å². The smallest absolute Gasteiger partial charge is 0.271 e. The number of ether oxygens (including phenoxy) is 2. The molecule has 1 amide bonds. The number of nitrogens with zero attached hydrogens (tertiary/aromatic N) is 1. The fraction of sp³-hybridized carbons (Fsp3) is 0.0714. The number of nitro benzene ring substituents is 1. The van der Waals surface area contributed by atoms with E-state index >= 15 is 0 Å². The number of carbonyl (C=O) groups excluding carboxylic acids is 1. The monoisotopic (exact) mass is 338 g/mol. The van der Waals surface area contributed by atoms with Gasteiger partial charge in [-0.15, -0.1) is 0 Å². The highest BCUT2D eigenvalue weighted by molar-refractivity contribution is 6.32. The normalized spacial score (nSPS) is 12.1. The highest BCUT2D eigenvalue weighted by Gasteiger charge is 2.21. The van der Waals surface area contributed by atoms with Crippen LogP contribution in [0.1, 0.15) is 10.4 Å². The van der Waals surface area contributed by atoms with Gasteiger partial charge in [-0.05, 0) is 18.2 Å². The fourth-order valence-electron chi connectivity index (χ4n) is 2.02. The summed E-state index contributed by atoms with van der Waals surface area (Å²) in [4.78, 5) is 22.2. The van der Waals surface area contributed by atoms with Crippen LogP contribution in [0.3, 0.4) is 0 Å². The van der Waals surface area contributed by atoms with Crippen molar-refractivity contribution in [2.24, 2.45) is 0 Å². The molecule has 0 aliphatic carbocycles. The van der Waals surface area contributed by atoms with Gasteiger partial charge in [0.25, 0.3) is 11.6 Å². The van der Waals surface area contributed by atoms with Gasteiger partial charge in [-0.25, -0.2) is 4.39 Å². The number of fused-ring (bicyclic) bond motifs is 1. The van der Waals surface area contributed by atoms with Crippen molar-refractivity contribution in [1.29, 1.82) is 0 Å². The molecule has 1 N–H and O–H groups in total. The molecule has 2 aromatic rings. The van der Waals surface area contributed by atoms with Gasteiger partial charge in [-0.3, -0.25) is 14.9 Å². The molecule has 23 heavy (non-hydrogen) atoms. The van der Waals surface area contributed by atoms with E-state index in [4.69, 9.17) is 21.1 Å². The number of rotatable bonds is 3. The molecule has 0 unspecified atom stereocenters. The Morgan fingerprint density at radius 2 is 2.09 bits per heavy atom. The van der Waals surface area contributed by atoms with Crippen LogP contribution < -0.4 is 14.8 Å². The number of hydrogen-bond donors (Lipinski definition) is 1. The van der Waals surface area contributed by atoms with Crippen molar-refractivity contribution in [3.05, 3.63) is 56.8 Å². The minimum Gasteiger partial charge on any atom is -0.454 e. The highest BCUT2D eigenvalue weighted by Crippen LogP contribution is 2.40. The van der Waals surface area contributed by atoms with Gasteiger partial charge in [0, 0.05) is 17.7 Å². The Balaban J connectivity index is 1.89. The average Bonchev–Trinajstić information content (AvgIpc) is 2.98. The summed E-state index contributed by atoms with van der Waals surface area (Å²) in [5.74, 6) is -0.868. The third kappa shape index (κ3) is 2.88. The average molecular weight is 339 g/mol. The van der Waals surface area contributed by atoms with Gasteiger partial charge >= 0.3 is 0 Å². The van der Waals surface area contributed by atoms with Crippen molar-refractivity contribution in [3.8, 4) is 11.5 Å². The molecule has 0 spiro atoms. The van der Waals surface area contributed by atoms with Crippen LogP contribution in [0.25, 0.3) is 0 Å². The first-order valence-corrected chi connectivity index (χ1v) is 6.68. The Bertz CT molecular complexity index is 827. The fourth-order valence-corrected chi connectivity index (χ4v) is 2.28. The summed E-state index contributed by atoms with van der Waals surface area (Å²) in [6.07, 6.45) is 0. The molecule has 1 aliphatic rings. The van der Waals surface area contributed by atoms with Gasteiger partial charge in [-0.2, -0.15) is 0 Å². The number of nitro groups is 1. The Morgan fingerprint density at radius 3 is 2.83 bits per heavy atom. The largest absolute Gasteiger partial charge is 0.454 e. The summed E-state index contributed by atoms with van der Waals surface area (Å²) in [5.41, 5.74) is -0.548. The lowest BCUT2D eigenvalue weighted by atomic mass is 10.1. The topological polar surface area (TPSA) is 90.7 Å². The molecule has 0 saturated heterocycles. The highest BCUT2D eigenvalue weighted by atomic mass is 35.5. The molecule has 1 heterocycles. The molecule has 118 valence electrons. The second-order valence-corrected chi connectivity index (χ2v) is 4.97. The Labute approximate surface area is 133 Å². The standard InChI is InChI=1S/C14H8ClFN2O5/c15-9-3-7(4-12-13(9)23-6-22-12)14(19)17-11-5-8(18(20)21)1-2-10(11)16/h1-5H,6H2,(H,17,19). The number of carbonyl (C=O) groups is 1. The second kappa shape index (κ2) is 5.73. The van der Waals surface area contributed by atoms with Gasteiger partial charge in [0.1, 0.15) is 5.82 Å². The lowest BCUT2D eigenvalue weighted by Gasteiger charge is -2.08. The number of non-ortho nitro benzene ring substituents is 1. The van der Waals surface area contributed by atoms with Crippen LogP contribution in [0.15, 0.2) is 30.3 Å². The van der Waals surface area contributed by atoms with Crippen LogP contribution in [0.2, 0.25) is 5.02 Å². The zero-order valence-corrected chi connectivity index (χ0v) is 12.1. The van der Waals surface area contributed by atoms with E-state index in [0.29, 0.717) is 11.5 Å². The molecule has 7 nitrogen and oxygen atoms in total. The molecule has 0 bridgehead atoms. The Hall–Kier alpha value is -2.87. The number of amides is 1. The maximum absolute atomic E-state index is 13.7. The minimum absolute atomic E-state index is 0.0143. The lowest BCUT2D eigenvalue weighted by Crippen LogP contribution is -2.13. The van der Waals surface area contributed by atoms with E-state index < -0.39 is 16.6 Å². The maximum Gasteiger partial charge on any atom is 0.271 e. The van der Waals surface area contributed by atoms with Crippen LogP contribution in [-0.4, -0.2) is 17.6 Å². The van der Waals surface area contributed by atoms with Crippen LogP contribution >= 0.6 is 11.6 Å². The van der Waals surface area contributed by atoms with E-state index in [1.807, 2.05) is 0 Å². The molecule has 9 heteroatoms. The molecule has 3 rings (SSSR count). The maximum atomic E-state index is 13.7. The van der Waals surface area contributed by atoms with Crippen LogP contribution in [0, 0.1) is 15.9 Å². The molecule has 0 aromatic heterocycles. The van der Waals surface area contributed by atoms with Crippen molar-refractivity contribution in [1.82, 2.24) is 0 Å². The SMILES string of the molecule is O=C(Nc1cc([N+](=O)[O-])ccc1F)c1cc(Cl)c2c(c1)OCO2. The summed E-state index contributed by atoms with van der Waals surface area (Å²) in [6, 6.07) is 5.56. The van der Waals surface area contributed by atoms with Crippen molar-refractivity contribution in [2.45, 2.75) is 0 Å². The second-order valence-electron chi connectivity index (χ2n) is 4.57. The molecular weight excluding hydrogens is 331 g/mol. The van der Waals surface area contributed by atoms with Crippen molar-refractivity contribution in [3.63, 3.8) is 0 Å². The number of hydrogen-bond acceptors (Lipinski definition) is 5. The van der Waals surface area contributed by atoms with E-state index in [-0.39, 0.29) is 28.8 Å². The first-order chi connectivity index (χ1) is 11.0. The van der Waals surface area contributed by atoms with Gasteiger partial charge < -0.3 is 14.8 Å². The summed E-state index contributed by atoms with van der Waals surface area (Å²) >= 11 is 5.97. The zero-order chi connectivity index (χ0) is 16.6. The third-order valence-electron chi connectivity index (χ3n) is 3.10. The molecule has 0 radical (unpaired) electrons. The molecule has 2 aromatic carbocycles.